The Labute approximate surface area is 137 Å². The van der Waals surface area contributed by atoms with Crippen molar-refractivity contribution in [3.8, 4) is 11.5 Å². The van der Waals surface area contributed by atoms with Gasteiger partial charge in [-0.15, -0.1) is 0 Å². The normalized spacial score (nSPS) is 11.7. The van der Waals surface area contributed by atoms with Gasteiger partial charge in [0.25, 0.3) is 5.91 Å². The standard InChI is InChI=1S/C19H23NO3/c1-12-6-9-17(22-4)16(10-12)14(3)20-19(21)15-8-7-13(2)18(11-15)23-5/h6-11,14H,1-5H3,(H,20,21). The second-order valence-corrected chi connectivity index (χ2v) is 5.62. The van der Waals surface area contributed by atoms with Crippen LogP contribution < -0.4 is 14.8 Å². The van der Waals surface area contributed by atoms with Crippen LogP contribution >= 0.6 is 0 Å². The summed E-state index contributed by atoms with van der Waals surface area (Å²) in [5, 5.41) is 3.01. The number of carbonyl (C=O) groups excluding carboxylic acids is 1. The van der Waals surface area contributed by atoms with E-state index in [1.807, 2.05) is 45.0 Å². The molecule has 0 heterocycles. The minimum atomic E-state index is -0.162. The molecule has 2 aromatic rings. The maximum atomic E-state index is 12.5. The van der Waals surface area contributed by atoms with E-state index in [2.05, 4.69) is 5.32 Å². The fourth-order valence-electron chi connectivity index (χ4n) is 2.51. The fraction of sp³-hybridized carbons (Fsp3) is 0.316. The minimum Gasteiger partial charge on any atom is -0.496 e. The summed E-state index contributed by atoms with van der Waals surface area (Å²) in [5.41, 5.74) is 3.65. The lowest BCUT2D eigenvalue weighted by Gasteiger charge is -2.18. The van der Waals surface area contributed by atoms with Crippen LogP contribution in [0, 0.1) is 13.8 Å². The Bertz CT molecular complexity index is 710. The lowest BCUT2D eigenvalue weighted by molar-refractivity contribution is 0.0939. The van der Waals surface area contributed by atoms with Crippen LogP contribution in [0.3, 0.4) is 0 Å². The van der Waals surface area contributed by atoms with Gasteiger partial charge in [0.15, 0.2) is 0 Å². The van der Waals surface area contributed by atoms with Gasteiger partial charge in [0.1, 0.15) is 11.5 Å². The van der Waals surface area contributed by atoms with Gasteiger partial charge in [-0.05, 0) is 44.5 Å². The number of carbonyl (C=O) groups is 1. The summed E-state index contributed by atoms with van der Waals surface area (Å²) in [7, 11) is 3.23. The zero-order valence-corrected chi connectivity index (χ0v) is 14.3. The van der Waals surface area contributed by atoms with Gasteiger partial charge in [-0.25, -0.2) is 0 Å². The van der Waals surface area contributed by atoms with Crippen molar-refractivity contribution in [2.24, 2.45) is 0 Å². The summed E-state index contributed by atoms with van der Waals surface area (Å²) >= 11 is 0. The number of methoxy groups -OCH3 is 2. The summed E-state index contributed by atoms with van der Waals surface area (Å²) in [6.07, 6.45) is 0. The van der Waals surface area contributed by atoms with Gasteiger partial charge in [-0.1, -0.05) is 23.8 Å². The second-order valence-electron chi connectivity index (χ2n) is 5.62. The van der Waals surface area contributed by atoms with Crippen molar-refractivity contribution in [2.45, 2.75) is 26.8 Å². The Balaban J connectivity index is 2.21. The molecule has 4 nitrogen and oxygen atoms in total. The molecule has 0 aromatic heterocycles. The first-order valence-corrected chi connectivity index (χ1v) is 7.56. The van der Waals surface area contributed by atoms with Gasteiger partial charge in [-0.3, -0.25) is 4.79 Å². The number of hydrogen-bond acceptors (Lipinski definition) is 3. The summed E-state index contributed by atoms with van der Waals surface area (Å²) < 4.78 is 10.7. The molecule has 0 aliphatic carbocycles. The highest BCUT2D eigenvalue weighted by molar-refractivity contribution is 5.95. The van der Waals surface area contributed by atoms with Crippen molar-refractivity contribution >= 4 is 5.91 Å². The zero-order valence-electron chi connectivity index (χ0n) is 14.3. The summed E-state index contributed by atoms with van der Waals surface area (Å²) in [5.74, 6) is 1.34. The highest BCUT2D eigenvalue weighted by Crippen LogP contribution is 2.26. The van der Waals surface area contributed by atoms with Crippen LogP contribution in [0.1, 0.15) is 40.0 Å². The average Bonchev–Trinajstić information content (AvgIpc) is 2.55. The van der Waals surface area contributed by atoms with Gasteiger partial charge in [0.05, 0.1) is 20.3 Å². The van der Waals surface area contributed by atoms with Gasteiger partial charge < -0.3 is 14.8 Å². The topological polar surface area (TPSA) is 47.6 Å². The number of amides is 1. The Morgan fingerprint density at radius 2 is 1.70 bits per heavy atom. The minimum absolute atomic E-state index is 0.139. The molecule has 1 unspecified atom stereocenters. The van der Waals surface area contributed by atoms with Crippen molar-refractivity contribution in [3.05, 3.63) is 58.7 Å². The first-order chi connectivity index (χ1) is 11.0. The van der Waals surface area contributed by atoms with Crippen molar-refractivity contribution in [1.29, 1.82) is 0 Å². The predicted octanol–water partition coefficient (Wildman–Crippen LogP) is 3.81. The van der Waals surface area contributed by atoms with Crippen molar-refractivity contribution in [1.82, 2.24) is 5.32 Å². The molecule has 2 rings (SSSR count). The highest BCUT2D eigenvalue weighted by atomic mass is 16.5. The first-order valence-electron chi connectivity index (χ1n) is 7.56. The summed E-state index contributed by atoms with van der Waals surface area (Å²) in [4.78, 5) is 12.5. The number of ether oxygens (including phenoxy) is 2. The predicted molar refractivity (Wildman–Crippen MR) is 91.3 cm³/mol. The molecular formula is C19H23NO3. The van der Waals surface area contributed by atoms with Crippen molar-refractivity contribution in [3.63, 3.8) is 0 Å². The van der Waals surface area contributed by atoms with Crippen LogP contribution in [-0.2, 0) is 0 Å². The molecule has 4 heteroatoms. The monoisotopic (exact) mass is 313 g/mol. The van der Waals surface area contributed by atoms with E-state index < -0.39 is 0 Å². The smallest absolute Gasteiger partial charge is 0.251 e. The maximum Gasteiger partial charge on any atom is 0.251 e. The lowest BCUT2D eigenvalue weighted by Crippen LogP contribution is -2.27. The Kier molecular flexibility index (Phi) is 5.27. The number of aryl methyl sites for hydroxylation is 2. The third kappa shape index (κ3) is 3.83. The summed E-state index contributed by atoms with van der Waals surface area (Å²) in [6, 6.07) is 11.2. The molecule has 0 radical (unpaired) electrons. The zero-order chi connectivity index (χ0) is 17.0. The van der Waals surface area contributed by atoms with E-state index >= 15 is 0 Å². The fourth-order valence-corrected chi connectivity index (χ4v) is 2.51. The van der Waals surface area contributed by atoms with Crippen LogP contribution in [0.25, 0.3) is 0 Å². The highest BCUT2D eigenvalue weighted by Gasteiger charge is 2.16. The largest absolute Gasteiger partial charge is 0.496 e. The SMILES string of the molecule is COc1cc(C(=O)NC(C)c2cc(C)ccc2OC)ccc1C. The molecule has 0 saturated carbocycles. The molecule has 2 aromatic carbocycles. The molecule has 122 valence electrons. The molecule has 0 aliphatic heterocycles. The molecule has 0 aliphatic rings. The van der Waals surface area contributed by atoms with E-state index in [0.717, 1.165) is 22.4 Å². The van der Waals surface area contributed by atoms with Gasteiger partial charge >= 0.3 is 0 Å². The molecule has 0 bridgehead atoms. The van der Waals surface area contributed by atoms with E-state index in [1.54, 1.807) is 26.4 Å². The molecule has 0 fully saturated rings. The maximum absolute atomic E-state index is 12.5. The Morgan fingerprint density at radius 3 is 2.35 bits per heavy atom. The molecule has 1 atom stereocenters. The van der Waals surface area contributed by atoms with Crippen molar-refractivity contribution < 1.29 is 14.3 Å². The Morgan fingerprint density at radius 1 is 1.00 bits per heavy atom. The van der Waals surface area contributed by atoms with Crippen LogP contribution in [-0.4, -0.2) is 20.1 Å². The van der Waals surface area contributed by atoms with Crippen LogP contribution in [0.2, 0.25) is 0 Å². The third-order valence-electron chi connectivity index (χ3n) is 3.87. The Hall–Kier alpha value is -2.49. The first kappa shape index (κ1) is 16.9. The van der Waals surface area contributed by atoms with Crippen LogP contribution in [0.15, 0.2) is 36.4 Å². The molecular weight excluding hydrogens is 290 g/mol. The third-order valence-corrected chi connectivity index (χ3v) is 3.87. The van der Waals surface area contributed by atoms with E-state index in [-0.39, 0.29) is 11.9 Å². The lowest BCUT2D eigenvalue weighted by atomic mass is 10.0. The number of nitrogens with one attached hydrogen (secondary N) is 1. The molecule has 0 saturated heterocycles. The van der Waals surface area contributed by atoms with E-state index in [0.29, 0.717) is 11.3 Å². The number of rotatable bonds is 5. The van der Waals surface area contributed by atoms with E-state index in [9.17, 15) is 4.79 Å². The number of hydrogen-bond donors (Lipinski definition) is 1. The van der Waals surface area contributed by atoms with Crippen LogP contribution in [0.4, 0.5) is 0 Å². The average molecular weight is 313 g/mol. The van der Waals surface area contributed by atoms with Gasteiger partial charge in [0.2, 0.25) is 0 Å². The van der Waals surface area contributed by atoms with Gasteiger partial charge in [-0.2, -0.15) is 0 Å². The molecule has 1 N–H and O–H groups in total. The van der Waals surface area contributed by atoms with Crippen LogP contribution in [0.5, 0.6) is 11.5 Å². The quantitative estimate of drug-likeness (QED) is 0.913. The van der Waals surface area contributed by atoms with Crippen molar-refractivity contribution in [2.75, 3.05) is 14.2 Å². The number of benzene rings is 2. The van der Waals surface area contributed by atoms with E-state index in [1.165, 1.54) is 0 Å². The van der Waals surface area contributed by atoms with E-state index in [4.69, 9.17) is 9.47 Å². The van der Waals surface area contributed by atoms with Gasteiger partial charge in [0, 0.05) is 11.1 Å². The summed E-state index contributed by atoms with van der Waals surface area (Å²) in [6.45, 7) is 5.91. The molecule has 23 heavy (non-hydrogen) atoms. The second kappa shape index (κ2) is 7.18. The molecule has 1 amide bonds. The molecule has 0 spiro atoms.